The predicted molar refractivity (Wildman–Crippen MR) is 117 cm³/mol. The van der Waals surface area contributed by atoms with Crippen molar-refractivity contribution in [3.05, 3.63) is 76.4 Å². The molecule has 0 saturated carbocycles. The van der Waals surface area contributed by atoms with Gasteiger partial charge in [-0.1, -0.05) is 35.9 Å². The van der Waals surface area contributed by atoms with Crippen molar-refractivity contribution in [3.8, 4) is 5.82 Å². The fourth-order valence-corrected chi connectivity index (χ4v) is 3.45. The van der Waals surface area contributed by atoms with E-state index in [9.17, 15) is 4.79 Å². The third kappa shape index (κ3) is 3.93. The maximum absolute atomic E-state index is 12.5. The highest BCUT2D eigenvalue weighted by atomic mass is 35.5. The number of fused-ring (bicyclic) bond motifs is 1. The van der Waals surface area contributed by atoms with E-state index in [1.54, 1.807) is 35.0 Å². The normalized spacial score (nSPS) is 10.9. The third-order valence-corrected chi connectivity index (χ3v) is 4.84. The van der Waals surface area contributed by atoms with Gasteiger partial charge in [0.2, 0.25) is 0 Å². The van der Waals surface area contributed by atoms with Crippen molar-refractivity contribution in [2.24, 2.45) is 0 Å². The molecule has 4 aromatic rings. The molecule has 0 aliphatic carbocycles. The molecule has 2 amide bonds. The number of halogens is 1. The molecule has 2 aromatic heterocycles. The molecular formula is C22H20ClN5O. The molecule has 7 heteroatoms. The van der Waals surface area contributed by atoms with Crippen LogP contribution in [0.5, 0.6) is 0 Å². The van der Waals surface area contributed by atoms with E-state index in [2.05, 4.69) is 21.8 Å². The average Bonchev–Trinajstić information content (AvgIpc) is 3.02. The lowest BCUT2D eigenvalue weighted by Crippen LogP contribution is -2.21. The fraction of sp³-hybridized carbons (Fsp3) is 0.136. The van der Waals surface area contributed by atoms with Crippen molar-refractivity contribution >= 4 is 40.0 Å². The van der Waals surface area contributed by atoms with Crippen LogP contribution in [-0.4, -0.2) is 20.8 Å². The summed E-state index contributed by atoms with van der Waals surface area (Å²) in [5.41, 5.74) is 4.48. The van der Waals surface area contributed by atoms with Crippen LogP contribution in [0.25, 0.3) is 16.7 Å². The van der Waals surface area contributed by atoms with Gasteiger partial charge in [0.1, 0.15) is 5.82 Å². The minimum absolute atomic E-state index is 0.387. The molecular weight excluding hydrogens is 386 g/mol. The van der Waals surface area contributed by atoms with Gasteiger partial charge in [-0.25, -0.2) is 9.78 Å². The highest BCUT2D eigenvalue weighted by molar-refractivity contribution is 6.30. The first-order valence-corrected chi connectivity index (χ1v) is 9.56. The zero-order valence-corrected chi connectivity index (χ0v) is 17.1. The topological polar surface area (TPSA) is 71.8 Å². The number of carbonyl (C=O) groups is 1. The molecule has 0 radical (unpaired) electrons. The number of aromatic nitrogens is 3. The molecule has 0 aliphatic rings. The van der Waals surface area contributed by atoms with Crippen LogP contribution >= 0.6 is 11.6 Å². The van der Waals surface area contributed by atoms with E-state index in [1.165, 1.54) is 0 Å². The number of carbonyl (C=O) groups excluding carboxylic acids is 1. The fourth-order valence-electron chi connectivity index (χ4n) is 3.26. The molecule has 146 valence electrons. The van der Waals surface area contributed by atoms with Gasteiger partial charge in [0.25, 0.3) is 0 Å². The Morgan fingerprint density at radius 3 is 2.55 bits per heavy atom. The van der Waals surface area contributed by atoms with Crippen molar-refractivity contribution in [2.75, 3.05) is 10.6 Å². The summed E-state index contributed by atoms with van der Waals surface area (Å²) in [4.78, 5) is 17.3. The molecule has 0 saturated heterocycles. The SMILES string of the molecule is Cc1cc(NC(=O)Nc2cccc(Cl)c2)n(-c2cc(C)c3cccc(C)c3n2)n1. The van der Waals surface area contributed by atoms with Crippen LogP contribution in [0, 0.1) is 20.8 Å². The molecule has 2 heterocycles. The Balaban J connectivity index is 1.68. The van der Waals surface area contributed by atoms with Crippen LogP contribution < -0.4 is 10.6 Å². The average molecular weight is 406 g/mol. The summed E-state index contributed by atoms with van der Waals surface area (Å²) in [7, 11) is 0. The molecule has 0 spiro atoms. The summed E-state index contributed by atoms with van der Waals surface area (Å²) in [6, 6.07) is 16.5. The van der Waals surface area contributed by atoms with Crippen molar-refractivity contribution < 1.29 is 4.79 Å². The zero-order chi connectivity index (χ0) is 20.5. The molecule has 0 atom stereocenters. The zero-order valence-electron chi connectivity index (χ0n) is 16.3. The Morgan fingerprint density at radius 1 is 0.966 bits per heavy atom. The lowest BCUT2D eigenvalue weighted by atomic mass is 10.1. The van der Waals surface area contributed by atoms with Crippen molar-refractivity contribution in [2.45, 2.75) is 20.8 Å². The number of hydrogen-bond acceptors (Lipinski definition) is 3. The van der Waals surface area contributed by atoms with Gasteiger partial charge in [-0.15, -0.1) is 0 Å². The number of para-hydroxylation sites is 1. The minimum Gasteiger partial charge on any atom is -0.308 e. The maximum atomic E-state index is 12.5. The van der Waals surface area contributed by atoms with E-state index in [0.717, 1.165) is 27.7 Å². The molecule has 0 unspecified atom stereocenters. The summed E-state index contributed by atoms with van der Waals surface area (Å²) in [5.74, 6) is 1.18. The van der Waals surface area contributed by atoms with Crippen LogP contribution in [0.1, 0.15) is 16.8 Å². The van der Waals surface area contributed by atoms with Crippen LogP contribution in [0.4, 0.5) is 16.3 Å². The van der Waals surface area contributed by atoms with Gasteiger partial charge in [-0.3, -0.25) is 5.32 Å². The van der Waals surface area contributed by atoms with E-state index in [0.29, 0.717) is 22.3 Å². The molecule has 2 aromatic carbocycles. The maximum Gasteiger partial charge on any atom is 0.324 e. The smallest absolute Gasteiger partial charge is 0.308 e. The summed E-state index contributed by atoms with van der Waals surface area (Å²) in [5, 5.41) is 11.8. The highest BCUT2D eigenvalue weighted by Gasteiger charge is 2.14. The number of amides is 2. The second-order valence-corrected chi connectivity index (χ2v) is 7.38. The van der Waals surface area contributed by atoms with Gasteiger partial charge in [0, 0.05) is 22.2 Å². The number of pyridine rings is 1. The van der Waals surface area contributed by atoms with Crippen LogP contribution in [0.3, 0.4) is 0 Å². The number of nitrogens with zero attached hydrogens (tertiary/aromatic N) is 3. The summed E-state index contributed by atoms with van der Waals surface area (Å²) < 4.78 is 1.64. The largest absolute Gasteiger partial charge is 0.324 e. The number of anilines is 2. The van der Waals surface area contributed by atoms with Gasteiger partial charge >= 0.3 is 6.03 Å². The van der Waals surface area contributed by atoms with E-state index in [1.807, 2.05) is 39.0 Å². The lowest BCUT2D eigenvalue weighted by molar-refractivity contribution is 0.262. The third-order valence-electron chi connectivity index (χ3n) is 4.61. The molecule has 2 N–H and O–H groups in total. The molecule has 0 fully saturated rings. The quantitative estimate of drug-likeness (QED) is 0.463. The standard InChI is InChI=1S/C22H20ClN5O/c1-13-6-4-9-18-14(2)10-19(25-21(13)18)28-20(11-15(3)27-28)26-22(29)24-17-8-5-7-16(23)12-17/h4-12H,1-3H3,(H2,24,26,29). The first-order chi connectivity index (χ1) is 13.9. The number of nitrogens with one attached hydrogen (secondary N) is 2. The predicted octanol–water partition coefficient (Wildman–Crippen LogP) is 5.64. The van der Waals surface area contributed by atoms with Crippen LogP contribution in [0.15, 0.2) is 54.6 Å². The second-order valence-electron chi connectivity index (χ2n) is 6.94. The first-order valence-electron chi connectivity index (χ1n) is 9.18. The Bertz CT molecular complexity index is 1230. The molecule has 4 rings (SSSR count). The molecule has 0 aliphatic heterocycles. The Morgan fingerprint density at radius 2 is 1.76 bits per heavy atom. The van der Waals surface area contributed by atoms with Crippen molar-refractivity contribution in [1.82, 2.24) is 14.8 Å². The van der Waals surface area contributed by atoms with Gasteiger partial charge in [-0.2, -0.15) is 9.78 Å². The van der Waals surface area contributed by atoms with E-state index in [4.69, 9.17) is 16.6 Å². The van der Waals surface area contributed by atoms with E-state index in [-0.39, 0.29) is 6.03 Å². The van der Waals surface area contributed by atoms with Crippen LogP contribution in [-0.2, 0) is 0 Å². The summed E-state index contributed by atoms with van der Waals surface area (Å²) in [6.07, 6.45) is 0. The summed E-state index contributed by atoms with van der Waals surface area (Å²) >= 11 is 5.98. The number of hydrogen-bond donors (Lipinski definition) is 2. The van der Waals surface area contributed by atoms with Crippen LogP contribution in [0.2, 0.25) is 5.02 Å². The van der Waals surface area contributed by atoms with Gasteiger partial charge in [0.15, 0.2) is 5.82 Å². The molecule has 29 heavy (non-hydrogen) atoms. The number of urea groups is 1. The van der Waals surface area contributed by atoms with Crippen molar-refractivity contribution in [1.29, 1.82) is 0 Å². The Kier molecular flexibility index (Phi) is 4.94. The molecule has 6 nitrogen and oxygen atoms in total. The van der Waals surface area contributed by atoms with E-state index < -0.39 is 0 Å². The minimum atomic E-state index is -0.387. The van der Waals surface area contributed by atoms with Gasteiger partial charge < -0.3 is 5.32 Å². The number of aryl methyl sites for hydroxylation is 3. The molecule has 0 bridgehead atoms. The van der Waals surface area contributed by atoms with Gasteiger partial charge in [-0.05, 0) is 56.2 Å². The lowest BCUT2D eigenvalue weighted by Gasteiger charge is -2.12. The van der Waals surface area contributed by atoms with E-state index >= 15 is 0 Å². The summed E-state index contributed by atoms with van der Waals surface area (Å²) in [6.45, 7) is 5.95. The Hall–Kier alpha value is -3.38. The number of benzene rings is 2. The second kappa shape index (κ2) is 7.56. The van der Waals surface area contributed by atoms with Crippen molar-refractivity contribution in [3.63, 3.8) is 0 Å². The van der Waals surface area contributed by atoms with Gasteiger partial charge in [0.05, 0.1) is 11.2 Å². The Labute approximate surface area is 173 Å². The number of rotatable bonds is 3. The first kappa shape index (κ1) is 19.0. The monoisotopic (exact) mass is 405 g/mol. The highest BCUT2D eigenvalue weighted by Crippen LogP contribution is 2.24.